The van der Waals surface area contributed by atoms with E-state index in [1.165, 1.54) is 24.8 Å². The number of rotatable bonds is 6. The molecular weight excluding hydrogens is 222 g/mol. The minimum Gasteiger partial charge on any atom is -0.493 e. The lowest BCUT2D eigenvalue weighted by atomic mass is 9.92. The minimum atomic E-state index is 0.603. The van der Waals surface area contributed by atoms with E-state index >= 15 is 0 Å². The van der Waals surface area contributed by atoms with Gasteiger partial charge in [0.05, 0.1) is 6.61 Å². The zero-order valence-corrected chi connectivity index (χ0v) is 11.8. The van der Waals surface area contributed by atoms with Crippen LogP contribution < -0.4 is 10.1 Å². The highest BCUT2D eigenvalue weighted by Gasteiger charge is 2.23. The Morgan fingerprint density at radius 2 is 2.11 bits per heavy atom. The van der Waals surface area contributed by atoms with Crippen molar-refractivity contribution in [1.82, 2.24) is 5.32 Å². The highest BCUT2D eigenvalue weighted by Crippen LogP contribution is 2.36. The van der Waals surface area contributed by atoms with Crippen LogP contribution in [0.4, 0.5) is 0 Å². The van der Waals surface area contributed by atoms with Gasteiger partial charge in [0.1, 0.15) is 5.75 Å². The molecule has 0 amide bonds. The van der Waals surface area contributed by atoms with E-state index in [-0.39, 0.29) is 0 Å². The van der Waals surface area contributed by atoms with Crippen molar-refractivity contribution < 1.29 is 4.74 Å². The number of nitrogens with one attached hydrogen (secondary N) is 1. The van der Waals surface area contributed by atoms with Crippen molar-refractivity contribution in [2.75, 3.05) is 13.7 Å². The highest BCUT2D eigenvalue weighted by atomic mass is 16.5. The Morgan fingerprint density at radius 1 is 1.33 bits per heavy atom. The first-order chi connectivity index (χ1) is 8.72. The molecule has 1 N–H and O–H groups in total. The van der Waals surface area contributed by atoms with Crippen molar-refractivity contribution in [3.8, 4) is 5.75 Å². The maximum Gasteiger partial charge on any atom is 0.122 e. The van der Waals surface area contributed by atoms with Crippen molar-refractivity contribution in [3.63, 3.8) is 0 Å². The maximum absolute atomic E-state index is 5.73. The van der Waals surface area contributed by atoms with Crippen LogP contribution in [0.3, 0.4) is 0 Å². The molecule has 18 heavy (non-hydrogen) atoms. The summed E-state index contributed by atoms with van der Waals surface area (Å²) >= 11 is 0. The average Bonchev–Trinajstić information content (AvgIpc) is 2.78. The molecule has 0 radical (unpaired) electrons. The normalized spacial score (nSPS) is 19.7. The fourth-order valence-corrected chi connectivity index (χ4v) is 2.86. The third-order valence-corrected chi connectivity index (χ3v) is 4.04. The fourth-order valence-electron chi connectivity index (χ4n) is 2.86. The van der Waals surface area contributed by atoms with Gasteiger partial charge in [0, 0.05) is 17.5 Å². The summed E-state index contributed by atoms with van der Waals surface area (Å²) in [7, 11) is 2.07. The molecule has 0 fully saturated rings. The summed E-state index contributed by atoms with van der Waals surface area (Å²) < 4.78 is 5.73. The molecule has 0 saturated heterocycles. The fraction of sp³-hybridized carbons (Fsp3) is 0.625. The first-order valence-corrected chi connectivity index (χ1v) is 7.11. The van der Waals surface area contributed by atoms with E-state index in [0.29, 0.717) is 17.9 Å². The summed E-state index contributed by atoms with van der Waals surface area (Å²) in [5.74, 6) is 2.41. The molecule has 2 nitrogen and oxygen atoms in total. The van der Waals surface area contributed by atoms with E-state index in [1.807, 2.05) is 0 Å². The molecule has 1 heterocycles. The lowest BCUT2D eigenvalue weighted by Crippen LogP contribution is -2.30. The SMILES string of the molecule is CNC(CCCC1COc2ccccc21)C(C)C. The molecule has 1 aromatic rings. The molecule has 1 aliphatic heterocycles. The van der Waals surface area contributed by atoms with Crippen LogP contribution in [0.25, 0.3) is 0 Å². The van der Waals surface area contributed by atoms with Crippen LogP contribution in [-0.2, 0) is 0 Å². The number of hydrogen-bond donors (Lipinski definition) is 1. The summed E-state index contributed by atoms with van der Waals surface area (Å²) in [6.45, 7) is 5.44. The van der Waals surface area contributed by atoms with Crippen molar-refractivity contribution in [2.24, 2.45) is 5.92 Å². The van der Waals surface area contributed by atoms with Gasteiger partial charge in [-0.15, -0.1) is 0 Å². The van der Waals surface area contributed by atoms with Crippen LogP contribution in [0.15, 0.2) is 24.3 Å². The summed E-state index contributed by atoms with van der Waals surface area (Å²) in [5, 5.41) is 3.41. The third-order valence-electron chi connectivity index (χ3n) is 4.04. The Hall–Kier alpha value is -1.02. The second kappa shape index (κ2) is 6.24. The molecule has 100 valence electrons. The zero-order valence-electron chi connectivity index (χ0n) is 11.8. The van der Waals surface area contributed by atoms with Crippen LogP contribution in [0, 0.1) is 5.92 Å². The topological polar surface area (TPSA) is 21.3 Å². The summed E-state index contributed by atoms with van der Waals surface area (Å²) in [4.78, 5) is 0. The number of benzene rings is 1. The molecule has 1 aliphatic rings. The standard InChI is InChI=1S/C16H25NO/c1-12(2)15(17-3)9-6-7-13-11-18-16-10-5-4-8-14(13)16/h4-5,8,10,12-13,15,17H,6-7,9,11H2,1-3H3. The maximum atomic E-state index is 5.73. The predicted octanol–water partition coefficient (Wildman–Crippen LogP) is 3.58. The Morgan fingerprint density at radius 3 is 2.83 bits per heavy atom. The van der Waals surface area contributed by atoms with Crippen molar-refractivity contribution in [3.05, 3.63) is 29.8 Å². The molecule has 0 aliphatic carbocycles. The van der Waals surface area contributed by atoms with Gasteiger partial charge < -0.3 is 10.1 Å². The number of ether oxygens (including phenoxy) is 1. The predicted molar refractivity (Wildman–Crippen MR) is 76.2 cm³/mol. The molecule has 0 bridgehead atoms. The first kappa shape index (κ1) is 13.4. The van der Waals surface area contributed by atoms with Gasteiger partial charge in [-0.25, -0.2) is 0 Å². The molecule has 1 aromatic carbocycles. The summed E-state index contributed by atoms with van der Waals surface area (Å²) in [6, 6.07) is 9.11. The number of hydrogen-bond acceptors (Lipinski definition) is 2. The molecule has 2 rings (SSSR count). The molecule has 0 aromatic heterocycles. The van der Waals surface area contributed by atoms with Gasteiger partial charge >= 0.3 is 0 Å². The monoisotopic (exact) mass is 247 g/mol. The number of fused-ring (bicyclic) bond motifs is 1. The van der Waals surface area contributed by atoms with E-state index in [9.17, 15) is 0 Å². The molecule has 0 saturated carbocycles. The lowest BCUT2D eigenvalue weighted by Gasteiger charge is -2.20. The van der Waals surface area contributed by atoms with Gasteiger partial charge in [0.15, 0.2) is 0 Å². The summed E-state index contributed by atoms with van der Waals surface area (Å²) in [6.07, 6.45) is 3.76. The van der Waals surface area contributed by atoms with Crippen LogP contribution >= 0.6 is 0 Å². The van der Waals surface area contributed by atoms with E-state index in [0.717, 1.165) is 12.4 Å². The summed E-state index contributed by atoms with van der Waals surface area (Å²) in [5.41, 5.74) is 1.41. The quantitative estimate of drug-likeness (QED) is 0.829. The van der Waals surface area contributed by atoms with Gasteiger partial charge in [0.2, 0.25) is 0 Å². The van der Waals surface area contributed by atoms with Gasteiger partial charge in [-0.1, -0.05) is 38.5 Å². The van der Waals surface area contributed by atoms with Crippen molar-refractivity contribution in [1.29, 1.82) is 0 Å². The Bertz CT molecular complexity index is 375. The van der Waals surface area contributed by atoms with Gasteiger partial charge in [-0.05, 0) is 31.9 Å². The van der Waals surface area contributed by atoms with Crippen molar-refractivity contribution in [2.45, 2.75) is 45.1 Å². The highest BCUT2D eigenvalue weighted by molar-refractivity contribution is 5.39. The van der Waals surface area contributed by atoms with E-state index in [2.05, 4.69) is 50.5 Å². The van der Waals surface area contributed by atoms with Gasteiger partial charge in [-0.3, -0.25) is 0 Å². The Labute approximate surface area is 111 Å². The minimum absolute atomic E-state index is 0.603. The van der Waals surface area contributed by atoms with E-state index in [1.54, 1.807) is 0 Å². The third kappa shape index (κ3) is 3.05. The van der Waals surface area contributed by atoms with E-state index < -0.39 is 0 Å². The number of para-hydroxylation sites is 1. The van der Waals surface area contributed by atoms with Crippen LogP contribution in [0.1, 0.15) is 44.6 Å². The average molecular weight is 247 g/mol. The first-order valence-electron chi connectivity index (χ1n) is 7.11. The Balaban J connectivity index is 1.82. The zero-order chi connectivity index (χ0) is 13.0. The van der Waals surface area contributed by atoms with Gasteiger partial charge in [-0.2, -0.15) is 0 Å². The lowest BCUT2D eigenvalue weighted by molar-refractivity contribution is 0.315. The molecule has 0 spiro atoms. The second-order valence-corrected chi connectivity index (χ2v) is 5.62. The van der Waals surface area contributed by atoms with Crippen molar-refractivity contribution >= 4 is 0 Å². The van der Waals surface area contributed by atoms with Crippen LogP contribution in [0.2, 0.25) is 0 Å². The molecular formula is C16H25NO. The van der Waals surface area contributed by atoms with E-state index in [4.69, 9.17) is 4.74 Å². The molecule has 2 atom stereocenters. The molecule has 2 heteroatoms. The largest absolute Gasteiger partial charge is 0.493 e. The van der Waals surface area contributed by atoms with Gasteiger partial charge in [0.25, 0.3) is 0 Å². The smallest absolute Gasteiger partial charge is 0.122 e. The van der Waals surface area contributed by atoms with Crippen LogP contribution in [-0.4, -0.2) is 19.7 Å². The second-order valence-electron chi connectivity index (χ2n) is 5.62. The Kier molecular flexibility index (Phi) is 4.65. The van der Waals surface area contributed by atoms with Crippen LogP contribution in [0.5, 0.6) is 5.75 Å². The molecule has 2 unspecified atom stereocenters.